The Morgan fingerprint density at radius 1 is 1.00 bits per heavy atom. The van der Waals surface area contributed by atoms with E-state index >= 15 is 0 Å². The van der Waals surface area contributed by atoms with E-state index in [0.29, 0.717) is 6.61 Å². The standard InChI is InChI=1S/C11H26O5Si2/c1-13-11(12)14-8-10(16-18(5,6)7)9-15-17(2,3)4/h10H,8-9H2,1-7H3. The molecule has 0 aliphatic heterocycles. The summed E-state index contributed by atoms with van der Waals surface area (Å²) in [5.74, 6) is 0. The van der Waals surface area contributed by atoms with Gasteiger partial charge in [-0.05, 0) is 39.3 Å². The van der Waals surface area contributed by atoms with Crippen LogP contribution in [-0.2, 0) is 18.3 Å². The van der Waals surface area contributed by atoms with Crippen LogP contribution in [0.2, 0.25) is 39.3 Å². The van der Waals surface area contributed by atoms with Gasteiger partial charge in [0.1, 0.15) is 12.7 Å². The second-order valence-electron chi connectivity index (χ2n) is 6.04. The summed E-state index contributed by atoms with van der Waals surface area (Å²) < 4.78 is 21.1. The van der Waals surface area contributed by atoms with Crippen molar-refractivity contribution in [3.63, 3.8) is 0 Å². The third-order valence-corrected chi connectivity index (χ3v) is 3.85. The van der Waals surface area contributed by atoms with Crippen LogP contribution in [0.25, 0.3) is 0 Å². The summed E-state index contributed by atoms with van der Waals surface area (Å²) in [7, 11) is -2.00. The SMILES string of the molecule is COC(=O)OCC(CO[Si](C)(C)C)O[Si](C)(C)C. The molecule has 0 saturated heterocycles. The largest absolute Gasteiger partial charge is 0.508 e. The van der Waals surface area contributed by atoms with Crippen LogP contribution in [-0.4, -0.2) is 49.2 Å². The fourth-order valence-corrected chi connectivity index (χ4v) is 3.00. The Morgan fingerprint density at radius 2 is 1.56 bits per heavy atom. The van der Waals surface area contributed by atoms with E-state index in [1.165, 1.54) is 7.11 Å². The highest BCUT2D eigenvalue weighted by Gasteiger charge is 2.25. The van der Waals surface area contributed by atoms with Crippen LogP contribution in [0, 0.1) is 0 Å². The van der Waals surface area contributed by atoms with Gasteiger partial charge >= 0.3 is 6.16 Å². The van der Waals surface area contributed by atoms with E-state index in [1.54, 1.807) is 0 Å². The van der Waals surface area contributed by atoms with Gasteiger partial charge in [0, 0.05) is 0 Å². The summed E-state index contributed by atoms with van der Waals surface area (Å²) in [6.45, 7) is 13.2. The number of ether oxygens (including phenoxy) is 2. The quantitative estimate of drug-likeness (QED) is 0.534. The zero-order chi connectivity index (χ0) is 14.4. The molecule has 0 rings (SSSR count). The maximum atomic E-state index is 11.0. The molecule has 0 radical (unpaired) electrons. The molecule has 0 fully saturated rings. The summed E-state index contributed by atoms with van der Waals surface area (Å²) in [4.78, 5) is 11.0. The van der Waals surface area contributed by atoms with Crippen molar-refractivity contribution in [3.8, 4) is 0 Å². The third-order valence-electron chi connectivity index (χ3n) is 1.78. The lowest BCUT2D eigenvalue weighted by atomic mass is 10.4. The molecular weight excluding hydrogens is 268 g/mol. The highest BCUT2D eigenvalue weighted by atomic mass is 28.4. The summed E-state index contributed by atoms with van der Waals surface area (Å²) in [5, 5.41) is 0. The lowest BCUT2D eigenvalue weighted by Gasteiger charge is -2.28. The van der Waals surface area contributed by atoms with Crippen molar-refractivity contribution in [2.45, 2.75) is 45.4 Å². The molecule has 0 heterocycles. The van der Waals surface area contributed by atoms with Gasteiger partial charge in [-0.15, -0.1) is 0 Å². The van der Waals surface area contributed by atoms with Crippen LogP contribution in [0.5, 0.6) is 0 Å². The van der Waals surface area contributed by atoms with Crippen molar-refractivity contribution < 1.29 is 23.1 Å². The van der Waals surface area contributed by atoms with E-state index in [-0.39, 0.29) is 12.7 Å². The highest BCUT2D eigenvalue weighted by Crippen LogP contribution is 2.11. The van der Waals surface area contributed by atoms with Crippen LogP contribution in [0.15, 0.2) is 0 Å². The Kier molecular flexibility index (Phi) is 7.12. The molecule has 0 aliphatic rings. The topological polar surface area (TPSA) is 54.0 Å². The van der Waals surface area contributed by atoms with E-state index in [9.17, 15) is 4.79 Å². The minimum absolute atomic E-state index is 0.168. The van der Waals surface area contributed by atoms with Gasteiger partial charge in [0.15, 0.2) is 16.6 Å². The van der Waals surface area contributed by atoms with Gasteiger partial charge in [0.25, 0.3) is 0 Å². The molecule has 0 aromatic heterocycles. The lowest BCUT2D eigenvalue weighted by Crippen LogP contribution is -2.40. The van der Waals surface area contributed by atoms with E-state index < -0.39 is 22.8 Å². The normalized spacial score (nSPS) is 14.2. The second-order valence-corrected chi connectivity index (χ2v) is 15.0. The molecule has 108 valence electrons. The average molecular weight is 294 g/mol. The van der Waals surface area contributed by atoms with Gasteiger partial charge < -0.3 is 18.3 Å². The number of carbonyl (C=O) groups excluding carboxylic acids is 1. The fraction of sp³-hybridized carbons (Fsp3) is 0.909. The van der Waals surface area contributed by atoms with E-state index in [1.807, 2.05) is 0 Å². The van der Waals surface area contributed by atoms with Crippen molar-refractivity contribution in [3.05, 3.63) is 0 Å². The van der Waals surface area contributed by atoms with Crippen molar-refractivity contribution in [1.29, 1.82) is 0 Å². The highest BCUT2D eigenvalue weighted by molar-refractivity contribution is 6.70. The number of rotatable bonds is 7. The third kappa shape index (κ3) is 10.8. The number of methoxy groups -OCH3 is 1. The summed E-state index contributed by atoms with van der Waals surface area (Å²) in [5.41, 5.74) is 0. The zero-order valence-corrected chi connectivity index (χ0v) is 14.5. The smallest absolute Gasteiger partial charge is 0.438 e. The van der Waals surface area contributed by atoms with Crippen LogP contribution in [0.3, 0.4) is 0 Å². The lowest BCUT2D eigenvalue weighted by molar-refractivity contribution is 0.0184. The van der Waals surface area contributed by atoms with Gasteiger partial charge in [-0.25, -0.2) is 4.79 Å². The number of hydrogen-bond acceptors (Lipinski definition) is 5. The van der Waals surface area contributed by atoms with Gasteiger partial charge in [-0.2, -0.15) is 0 Å². The first kappa shape index (κ1) is 17.6. The van der Waals surface area contributed by atoms with E-state index in [4.69, 9.17) is 13.6 Å². The molecule has 0 spiro atoms. The van der Waals surface area contributed by atoms with Crippen molar-refractivity contribution in [1.82, 2.24) is 0 Å². The molecule has 0 amide bonds. The maximum absolute atomic E-state index is 11.0. The Morgan fingerprint density at radius 3 is 1.94 bits per heavy atom. The molecule has 1 unspecified atom stereocenters. The molecule has 0 saturated carbocycles. The Hall–Kier alpha value is -0.376. The molecule has 7 heteroatoms. The summed E-state index contributed by atoms with van der Waals surface area (Å²) in [6.07, 6.45) is -0.908. The first-order valence-electron chi connectivity index (χ1n) is 6.06. The van der Waals surface area contributed by atoms with Crippen LogP contribution < -0.4 is 0 Å². The predicted molar refractivity (Wildman–Crippen MR) is 75.9 cm³/mol. The van der Waals surface area contributed by atoms with Crippen molar-refractivity contribution >= 4 is 22.8 Å². The monoisotopic (exact) mass is 294 g/mol. The fourth-order valence-electron chi connectivity index (χ4n) is 1.18. The maximum Gasteiger partial charge on any atom is 0.508 e. The molecule has 18 heavy (non-hydrogen) atoms. The van der Waals surface area contributed by atoms with Gasteiger partial charge in [0.05, 0.1) is 13.7 Å². The molecule has 1 atom stereocenters. The van der Waals surface area contributed by atoms with Crippen molar-refractivity contribution in [2.24, 2.45) is 0 Å². The van der Waals surface area contributed by atoms with Crippen molar-refractivity contribution in [2.75, 3.05) is 20.3 Å². The van der Waals surface area contributed by atoms with Gasteiger partial charge in [-0.3, -0.25) is 0 Å². The van der Waals surface area contributed by atoms with Gasteiger partial charge in [-0.1, -0.05) is 0 Å². The molecule has 0 bridgehead atoms. The predicted octanol–water partition coefficient (Wildman–Crippen LogP) is 2.84. The van der Waals surface area contributed by atoms with Gasteiger partial charge in [0.2, 0.25) is 0 Å². The van der Waals surface area contributed by atoms with Crippen LogP contribution in [0.4, 0.5) is 4.79 Å². The molecule has 5 nitrogen and oxygen atoms in total. The van der Waals surface area contributed by atoms with E-state index in [0.717, 1.165) is 0 Å². The zero-order valence-electron chi connectivity index (χ0n) is 12.5. The Balaban J connectivity index is 4.29. The number of carbonyl (C=O) groups is 1. The second kappa shape index (κ2) is 7.27. The molecule has 0 aromatic rings. The number of hydrogen-bond donors (Lipinski definition) is 0. The minimum atomic E-state index is -1.70. The Bertz CT molecular complexity index is 257. The average Bonchev–Trinajstić information content (AvgIpc) is 2.18. The van der Waals surface area contributed by atoms with Crippen LogP contribution in [0.1, 0.15) is 0 Å². The molecule has 0 N–H and O–H groups in total. The van der Waals surface area contributed by atoms with E-state index in [2.05, 4.69) is 44.0 Å². The summed E-state index contributed by atoms with van der Waals surface area (Å²) >= 11 is 0. The summed E-state index contributed by atoms with van der Waals surface area (Å²) in [6, 6.07) is 0. The molecule has 0 aromatic carbocycles. The molecular formula is C11H26O5Si2. The Labute approximate surface area is 112 Å². The molecule has 0 aliphatic carbocycles. The van der Waals surface area contributed by atoms with Crippen LogP contribution >= 0.6 is 0 Å². The minimum Gasteiger partial charge on any atom is -0.438 e. The first-order valence-corrected chi connectivity index (χ1v) is 12.9. The first-order chi connectivity index (χ1) is 8.03.